The van der Waals surface area contributed by atoms with Gasteiger partial charge in [0, 0.05) is 24.1 Å². The van der Waals surface area contributed by atoms with Crippen LogP contribution in [-0.2, 0) is 4.74 Å². The molecule has 0 spiro atoms. The van der Waals surface area contributed by atoms with Crippen molar-refractivity contribution in [2.75, 3.05) is 18.5 Å². The third-order valence-corrected chi connectivity index (χ3v) is 2.74. The van der Waals surface area contributed by atoms with Crippen molar-refractivity contribution in [1.82, 2.24) is 4.98 Å². The Morgan fingerprint density at radius 2 is 2.15 bits per heavy atom. The summed E-state index contributed by atoms with van der Waals surface area (Å²) in [6.45, 7) is 5.25. The van der Waals surface area contributed by atoms with Gasteiger partial charge in [0.15, 0.2) is 0 Å². The number of benzene rings is 1. The second-order valence-corrected chi connectivity index (χ2v) is 4.68. The first kappa shape index (κ1) is 14.2. The first-order valence-corrected chi connectivity index (χ1v) is 6.47. The molecule has 6 heteroatoms. The monoisotopic (exact) mass is 275 g/mol. The van der Waals surface area contributed by atoms with Crippen LogP contribution in [0.15, 0.2) is 30.3 Å². The average molecular weight is 275 g/mol. The summed E-state index contributed by atoms with van der Waals surface area (Å²) >= 11 is 0. The van der Waals surface area contributed by atoms with Crippen LogP contribution in [0.4, 0.5) is 11.5 Å². The van der Waals surface area contributed by atoms with E-state index in [1.165, 1.54) is 12.1 Å². The largest absolute Gasteiger partial charge is 0.377 e. The molecule has 6 nitrogen and oxygen atoms in total. The van der Waals surface area contributed by atoms with E-state index in [1.807, 2.05) is 19.9 Å². The van der Waals surface area contributed by atoms with Crippen LogP contribution in [-0.4, -0.2) is 29.2 Å². The van der Waals surface area contributed by atoms with Crippen molar-refractivity contribution in [3.63, 3.8) is 0 Å². The van der Waals surface area contributed by atoms with E-state index in [0.29, 0.717) is 13.2 Å². The van der Waals surface area contributed by atoms with Gasteiger partial charge in [0.1, 0.15) is 5.82 Å². The number of nitrogens with one attached hydrogen (secondary N) is 1. The predicted octanol–water partition coefficient (Wildman–Crippen LogP) is 2.98. The van der Waals surface area contributed by atoms with Crippen LogP contribution in [0.5, 0.6) is 0 Å². The Balaban J connectivity index is 2.06. The zero-order chi connectivity index (χ0) is 14.5. The van der Waals surface area contributed by atoms with E-state index >= 15 is 0 Å². The van der Waals surface area contributed by atoms with Gasteiger partial charge in [-0.15, -0.1) is 0 Å². The minimum atomic E-state index is -0.408. The highest BCUT2D eigenvalue weighted by Crippen LogP contribution is 2.20. The zero-order valence-corrected chi connectivity index (χ0v) is 11.5. The van der Waals surface area contributed by atoms with Gasteiger partial charge in [-0.3, -0.25) is 10.1 Å². The fourth-order valence-electron chi connectivity index (χ4n) is 1.80. The lowest BCUT2D eigenvalue weighted by molar-refractivity contribution is -0.384. The molecule has 1 N–H and O–H groups in total. The molecule has 20 heavy (non-hydrogen) atoms. The van der Waals surface area contributed by atoms with Gasteiger partial charge in [0.05, 0.1) is 23.2 Å². The Bertz CT molecular complexity index is 614. The molecule has 106 valence electrons. The molecule has 1 heterocycles. The Morgan fingerprint density at radius 1 is 1.35 bits per heavy atom. The number of rotatable bonds is 6. The summed E-state index contributed by atoms with van der Waals surface area (Å²) < 4.78 is 5.43. The highest BCUT2D eigenvalue weighted by Gasteiger charge is 2.07. The maximum atomic E-state index is 10.7. The summed E-state index contributed by atoms with van der Waals surface area (Å²) in [5.41, 5.74) is 0.802. The second-order valence-electron chi connectivity index (χ2n) is 4.68. The number of aromatic nitrogens is 1. The van der Waals surface area contributed by atoms with Crippen LogP contribution in [0.1, 0.15) is 13.8 Å². The number of pyridine rings is 1. The van der Waals surface area contributed by atoms with E-state index in [9.17, 15) is 10.1 Å². The van der Waals surface area contributed by atoms with Gasteiger partial charge in [-0.25, -0.2) is 4.98 Å². The Hall–Kier alpha value is -2.21. The molecule has 0 unspecified atom stereocenters. The smallest absolute Gasteiger partial charge is 0.270 e. The molecule has 2 aromatic rings. The van der Waals surface area contributed by atoms with Crippen LogP contribution >= 0.6 is 0 Å². The first-order valence-electron chi connectivity index (χ1n) is 6.47. The molecule has 0 saturated heterocycles. The van der Waals surface area contributed by atoms with Crippen molar-refractivity contribution in [2.45, 2.75) is 20.0 Å². The van der Waals surface area contributed by atoms with Crippen molar-refractivity contribution in [2.24, 2.45) is 0 Å². The highest BCUT2D eigenvalue weighted by molar-refractivity contribution is 5.82. The predicted molar refractivity (Wildman–Crippen MR) is 78.0 cm³/mol. The molecular formula is C14H17N3O3. The fraction of sp³-hybridized carbons (Fsp3) is 0.357. The van der Waals surface area contributed by atoms with Gasteiger partial charge in [0.2, 0.25) is 0 Å². The van der Waals surface area contributed by atoms with Crippen LogP contribution in [0.2, 0.25) is 0 Å². The van der Waals surface area contributed by atoms with E-state index in [0.717, 1.165) is 16.7 Å². The second kappa shape index (κ2) is 6.29. The quantitative estimate of drug-likeness (QED) is 0.498. The van der Waals surface area contributed by atoms with E-state index in [1.54, 1.807) is 12.1 Å². The lowest BCUT2D eigenvalue weighted by Crippen LogP contribution is -2.13. The number of nitro benzene ring substituents is 1. The van der Waals surface area contributed by atoms with Crippen molar-refractivity contribution in [1.29, 1.82) is 0 Å². The van der Waals surface area contributed by atoms with Crippen LogP contribution < -0.4 is 5.32 Å². The lowest BCUT2D eigenvalue weighted by Gasteiger charge is -2.09. The highest BCUT2D eigenvalue weighted by atomic mass is 16.6. The van der Waals surface area contributed by atoms with Crippen LogP contribution in [0.25, 0.3) is 10.9 Å². The Kier molecular flexibility index (Phi) is 4.47. The first-order chi connectivity index (χ1) is 9.56. The molecule has 0 saturated carbocycles. The molecular weight excluding hydrogens is 258 g/mol. The number of nitrogens with zero attached hydrogens (tertiary/aromatic N) is 2. The summed E-state index contributed by atoms with van der Waals surface area (Å²) in [5.74, 6) is 0.735. The number of non-ortho nitro benzene ring substituents is 1. The van der Waals surface area contributed by atoms with Crippen molar-refractivity contribution in [3.8, 4) is 0 Å². The average Bonchev–Trinajstić information content (AvgIpc) is 2.42. The number of anilines is 1. The minimum Gasteiger partial charge on any atom is -0.377 e. The molecule has 0 amide bonds. The van der Waals surface area contributed by atoms with Gasteiger partial charge in [0.25, 0.3) is 5.69 Å². The minimum absolute atomic E-state index is 0.0744. The number of hydrogen-bond acceptors (Lipinski definition) is 5. The summed E-state index contributed by atoms with van der Waals surface area (Å²) in [7, 11) is 0. The maximum Gasteiger partial charge on any atom is 0.270 e. The molecule has 2 rings (SSSR count). The molecule has 0 aliphatic carbocycles. The Labute approximate surface area is 116 Å². The summed E-state index contributed by atoms with van der Waals surface area (Å²) in [4.78, 5) is 14.7. The van der Waals surface area contributed by atoms with Gasteiger partial charge in [-0.05, 0) is 32.0 Å². The van der Waals surface area contributed by atoms with Gasteiger partial charge in [-0.1, -0.05) is 0 Å². The third kappa shape index (κ3) is 3.64. The van der Waals surface area contributed by atoms with Crippen LogP contribution in [0.3, 0.4) is 0 Å². The topological polar surface area (TPSA) is 77.3 Å². The summed E-state index contributed by atoms with van der Waals surface area (Å²) in [6.07, 6.45) is 0.210. The zero-order valence-electron chi connectivity index (χ0n) is 11.5. The molecule has 0 fully saturated rings. The van der Waals surface area contributed by atoms with Crippen molar-refractivity contribution < 1.29 is 9.66 Å². The van der Waals surface area contributed by atoms with Gasteiger partial charge < -0.3 is 10.1 Å². The van der Waals surface area contributed by atoms with Crippen molar-refractivity contribution >= 4 is 22.4 Å². The molecule has 1 aromatic carbocycles. The Morgan fingerprint density at radius 3 is 2.85 bits per heavy atom. The summed E-state index contributed by atoms with van der Waals surface area (Å²) in [6, 6.07) is 8.26. The van der Waals surface area contributed by atoms with E-state index in [4.69, 9.17) is 4.74 Å². The normalized spacial score (nSPS) is 10.9. The standard InChI is InChI=1S/C14H17N3O3/c1-10(2)20-8-7-15-14-6-3-11-9-12(17(18)19)4-5-13(11)16-14/h3-6,9-10H,7-8H2,1-2H3,(H,15,16). The number of ether oxygens (including phenoxy) is 1. The number of nitro groups is 1. The SMILES string of the molecule is CC(C)OCCNc1ccc2cc([N+](=O)[O-])ccc2n1. The molecule has 1 aromatic heterocycles. The molecule has 0 atom stereocenters. The van der Waals surface area contributed by atoms with E-state index < -0.39 is 4.92 Å². The molecule has 0 bridgehead atoms. The maximum absolute atomic E-state index is 10.7. The van der Waals surface area contributed by atoms with Gasteiger partial charge >= 0.3 is 0 Å². The third-order valence-electron chi connectivity index (χ3n) is 2.74. The molecule has 0 radical (unpaired) electrons. The van der Waals surface area contributed by atoms with E-state index in [-0.39, 0.29) is 11.8 Å². The molecule has 0 aliphatic rings. The van der Waals surface area contributed by atoms with Crippen molar-refractivity contribution in [3.05, 3.63) is 40.4 Å². The lowest BCUT2D eigenvalue weighted by atomic mass is 10.2. The van der Waals surface area contributed by atoms with Gasteiger partial charge in [-0.2, -0.15) is 0 Å². The van der Waals surface area contributed by atoms with Crippen LogP contribution in [0, 0.1) is 10.1 Å². The summed E-state index contributed by atoms with van der Waals surface area (Å²) in [5, 5.41) is 14.6. The number of fused-ring (bicyclic) bond motifs is 1. The fourth-order valence-corrected chi connectivity index (χ4v) is 1.80. The van der Waals surface area contributed by atoms with E-state index in [2.05, 4.69) is 10.3 Å². The molecule has 0 aliphatic heterocycles. The number of hydrogen-bond donors (Lipinski definition) is 1.